The van der Waals surface area contributed by atoms with Crippen LogP contribution in [0.15, 0.2) is 24.3 Å². The van der Waals surface area contributed by atoms with E-state index >= 15 is 0 Å². The molecule has 5 heteroatoms. The van der Waals surface area contributed by atoms with E-state index in [4.69, 9.17) is 0 Å². The van der Waals surface area contributed by atoms with Gasteiger partial charge < -0.3 is 10.4 Å². The van der Waals surface area contributed by atoms with Crippen molar-refractivity contribution in [3.05, 3.63) is 29.8 Å². The molecule has 0 saturated carbocycles. The topological polar surface area (TPSA) is 69.6 Å². The number of rotatable bonds is 5. The van der Waals surface area contributed by atoms with Gasteiger partial charge in [0.2, 0.25) is 5.91 Å². The second-order valence-corrected chi connectivity index (χ2v) is 6.42. The Hall–Kier alpha value is -1.72. The molecule has 1 aromatic rings. The molecule has 1 fully saturated rings. The molecule has 1 aliphatic rings. The fraction of sp³-hybridized carbons (Fsp3) is 0.556. The van der Waals surface area contributed by atoms with Gasteiger partial charge in [0.1, 0.15) is 0 Å². The summed E-state index contributed by atoms with van der Waals surface area (Å²) in [7, 11) is 0. The molecule has 1 aromatic carbocycles. The molecule has 23 heavy (non-hydrogen) atoms. The minimum absolute atomic E-state index is 0.0191. The Balaban J connectivity index is 1.93. The fourth-order valence-corrected chi connectivity index (χ4v) is 3.02. The molecule has 5 nitrogen and oxygen atoms in total. The Morgan fingerprint density at radius 3 is 2.48 bits per heavy atom. The summed E-state index contributed by atoms with van der Waals surface area (Å²) in [6.07, 6.45) is 1.54. The number of aliphatic hydroxyl groups excluding tert-OH is 1. The number of likely N-dealkylation sites (tertiary alicyclic amines) is 1. The van der Waals surface area contributed by atoms with Crippen molar-refractivity contribution in [1.29, 1.82) is 0 Å². The molecule has 126 valence electrons. The van der Waals surface area contributed by atoms with Crippen LogP contribution in [0, 0.1) is 5.92 Å². The van der Waals surface area contributed by atoms with E-state index in [0.717, 1.165) is 25.9 Å². The Morgan fingerprint density at radius 1 is 1.26 bits per heavy atom. The first-order valence-electron chi connectivity index (χ1n) is 8.22. The number of Topliss-reactive ketones (excluding diaryl/α,β-unsaturated/α-hetero) is 1. The number of amides is 1. The average Bonchev–Trinajstić information content (AvgIpc) is 2.54. The Kier molecular flexibility index (Phi) is 5.91. The lowest BCUT2D eigenvalue weighted by molar-refractivity contribution is -0.121. The molecule has 1 saturated heterocycles. The highest BCUT2D eigenvalue weighted by Crippen LogP contribution is 2.22. The summed E-state index contributed by atoms with van der Waals surface area (Å²) in [5.74, 6) is 0.240. The molecule has 1 heterocycles. The maximum absolute atomic E-state index is 12.4. The number of aliphatic hydroxyl groups is 1. The van der Waals surface area contributed by atoms with Gasteiger partial charge in [-0.3, -0.25) is 14.5 Å². The van der Waals surface area contributed by atoms with Gasteiger partial charge >= 0.3 is 0 Å². The van der Waals surface area contributed by atoms with Crippen LogP contribution in [0.1, 0.15) is 44.0 Å². The van der Waals surface area contributed by atoms with E-state index in [0.29, 0.717) is 17.2 Å². The number of nitrogens with one attached hydrogen (secondary N) is 1. The van der Waals surface area contributed by atoms with Crippen LogP contribution in [0.4, 0.5) is 5.69 Å². The molecule has 2 unspecified atom stereocenters. The smallest absolute Gasteiger partial charge is 0.241 e. The summed E-state index contributed by atoms with van der Waals surface area (Å²) in [5, 5.41) is 12.5. The van der Waals surface area contributed by atoms with Gasteiger partial charge in [0.15, 0.2) is 5.78 Å². The lowest BCUT2D eigenvalue weighted by atomic mass is 9.91. The first-order valence-corrected chi connectivity index (χ1v) is 8.22. The number of carbonyl (C=O) groups is 2. The Bertz CT molecular complexity index is 563. The molecule has 2 N–H and O–H groups in total. The highest BCUT2D eigenvalue weighted by Gasteiger charge is 2.28. The van der Waals surface area contributed by atoms with Gasteiger partial charge in [-0.1, -0.05) is 12.1 Å². The number of carbonyl (C=O) groups excluding carboxylic acids is 2. The highest BCUT2D eigenvalue weighted by atomic mass is 16.3. The first kappa shape index (κ1) is 17.6. The van der Waals surface area contributed by atoms with Crippen molar-refractivity contribution in [1.82, 2.24) is 4.90 Å². The van der Waals surface area contributed by atoms with Crippen LogP contribution in [-0.2, 0) is 4.79 Å². The average molecular weight is 318 g/mol. The largest absolute Gasteiger partial charge is 0.393 e. The monoisotopic (exact) mass is 318 g/mol. The van der Waals surface area contributed by atoms with E-state index in [1.165, 1.54) is 6.92 Å². The molecular weight excluding hydrogens is 292 g/mol. The van der Waals surface area contributed by atoms with E-state index < -0.39 is 0 Å². The number of piperidine rings is 1. The van der Waals surface area contributed by atoms with E-state index in [9.17, 15) is 14.7 Å². The quantitative estimate of drug-likeness (QED) is 0.818. The summed E-state index contributed by atoms with van der Waals surface area (Å²) in [4.78, 5) is 26.0. The Labute approximate surface area is 137 Å². The lowest BCUT2D eigenvalue weighted by Gasteiger charge is -2.36. The number of nitrogens with zero attached hydrogens (tertiary/aromatic N) is 1. The lowest BCUT2D eigenvalue weighted by Crippen LogP contribution is -2.47. The predicted molar refractivity (Wildman–Crippen MR) is 90.5 cm³/mol. The van der Waals surface area contributed by atoms with Crippen molar-refractivity contribution in [2.45, 2.75) is 45.8 Å². The summed E-state index contributed by atoms with van der Waals surface area (Å²) in [6.45, 7) is 6.87. The van der Waals surface area contributed by atoms with Crippen LogP contribution >= 0.6 is 0 Å². The number of hydrogen-bond donors (Lipinski definition) is 2. The minimum Gasteiger partial charge on any atom is -0.393 e. The zero-order valence-corrected chi connectivity index (χ0v) is 14.1. The second kappa shape index (κ2) is 7.70. The third kappa shape index (κ3) is 4.62. The third-order valence-corrected chi connectivity index (χ3v) is 4.72. The number of ketones is 1. The third-order valence-electron chi connectivity index (χ3n) is 4.72. The molecule has 2 rings (SSSR count). The zero-order valence-electron chi connectivity index (χ0n) is 14.1. The van der Waals surface area contributed by atoms with Gasteiger partial charge in [0.25, 0.3) is 0 Å². The van der Waals surface area contributed by atoms with E-state index in [2.05, 4.69) is 10.2 Å². The van der Waals surface area contributed by atoms with Crippen LogP contribution in [0.2, 0.25) is 0 Å². The molecule has 0 aromatic heterocycles. The number of hydrogen-bond acceptors (Lipinski definition) is 4. The summed E-state index contributed by atoms with van der Waals surface area (Å²) in [6, 6.07) is 6.77. The van der Waals surface area contributed by atoms with Crippen LogP contribution < -0.4 is 5.32 Å². The normalized spacial score (nSPS) is 19.1. The molecule has 1 amide bonds. The number of benzene rings is 1. The van der Waals surface area contributed by atoms with Crippen LogP contribution in [-0.4, -0.2) is 46.9 Å². The van der Waals surface area contributed by atoms with E-state index in [1.54, 1.807) is 24.3 Å². The van der Waals surface area contributed by atoms with Crippen LogP contribution in [0.25, 0.3) is 0 Å². The molecule has 0 radical (unpaired) electrons. The summed E-state index contributed by atoms with van der Waals surface area (Å²) >= 11 is 0. The van der Waals surface area contributed by atoms with Gasteiger partial charge in [0.05, 0.1) is 12.1 Å². The summed E-state index contributed by atoms with van der Waals surface area (Å²) < 4.78 is 0. The van der Waals surface area contributed by atoms with Crippen molar-refractivity contribution in [2.75, 3.05) is 18.4 Å². The highest BCUT2D eigenvalue weighted by molar-refractivity contribution is 5.98. The van der Waals surface area contributed by atoms with Crippen molar-refractivity contribution >= 4 is 17.4 Å². The van der Waals surface area contributed by atoms with Crippen LogP contribution in [0.5, 0.6) is 0 Å². The maximum Gasteiger partial charge on any atom is 0.241 e. The first-order chi connectivity index (χ1) is 10.9. The number of anilines is 1. The van der Waals surface area contributed by atoms with Crippen LogP contribution in [0.3, 0.4) is 0 Å². The van der Waals surface area contributed by atoms with Crippen molar-refractivity contribution in [3.8, 4) is 0 Å². The second-order valence-electron chi connectivity index (χ2n) is 6.42. The fourth-order valence-electron chi connectivity index (χ4n) is 3.02. The van der Waals surface area contributed by atoms with Gasteiger partial charge in [0, 0.05) is 11.3 Å². The van der Waals surface area contributed by atoms with Gasteiger partial charge in [-0.05, 0) is 64.8 Å². The molecule has 0 aliphatic carbocycles. The maximum atomic E-state index is 12.4. The SMILES string of the molecule is CC(=O)c1cccc(NC(=O)C(C)N2CCC(C(C)O)CC2)c1. The molecule has 0 spiro atoms. The van der Waals surface area contributed by atoms with E-state index in [1.807, 2.05) is 13.8 Å². The molecule has 1 aliphatic heterocycles. The Morgan fingerprint density at radius 2 is 1.91 bits per heavy atom. The molecule has 0 bridgehead atoms. The van der Waals surface area contributed by atoms with Crippen molar-refractivity contribution in [2.24, 2.45) is 5.92 Å². The van der Waals surface area contributed by atoms with Gasteiger partial charge in [-0.15, -0.1) is 0 Å². The van der Waals surface area contributed by atoms with Gasteiger partial charge in [-0.2, -0.15) is 0 Å². The zero-order chi connectivity index (χ0) is 17.0. The minimum atomic E-state index is -0.282. The molecular formula is C18H26N2O3. The molecule has 2 atom stereocenters. The van der Waals surface area contributed by atoms with Gasteiger partial charge in [-0.25, -0.2) is 0 Å². The van der Waals surface area contributed by atoms with Crippen molar-refractivity contribution in [3.63, 3.8) is 0 Å². The summed E-state index contributed by atoms with van der Waals surface area (Å²) in [5.41, 5.74) is 1.24. The van der Waals surface area contributed by atoms with Crippen molar-refractivity contribution < 1.29 is 14.7 Å². The van der Waals surface area contributed by atoms with E-state index in [-0.39, 0.29) is 23.8 Å². The predicted octanol–water partition coefficient (Wildman–Crippen LogP) is 2.31. The standard InChI is InChI=1S/C18H26N2O3/c1-12(20-9-7-15(8-10-20)13(2)21)18(23)19-17-6-4-5-16(11-17)14(3)22/h4-6,11-13,15,21H,7-10H2,1-3H3,(H,19,23).